The summed E-state index contributed by atoms with van der Waals surface area (Å²) in [5.74, 6) is 0.941. The number of esters is 1. The van der Waals surface area contributed by atoms with Crippen LogP contribution in [0.5, 0.6) is 17.2 Å². The number of carbonyl (C=O) groups excluding carboxylic acids is 2. The SMILES string of the molecule is COC(=O)c1cc(CNC(=O)c2cc(-c3cc(OC)ccc3OC)on2)ccc1OC. The first-order valence-electron chi connectivity index (χ1n) is 9.23. The van der Waals surface area contributed by atoms with Crippen LogP contribution in [0.4, 0.5) is 0 Å². The Kier molecular flexibility index (Phi) is 6.76. The van der Waals surface area contributed by atoms with Crippen LogP contribution in [-0.2, 0) is 11.3 Å². The fraction of sp³-hybridized carbons (Fsp3) is 0.227. The number of aromatic nitrogens is 1. The highest BCUT2D eigenvalue weighted by atomic mass is 16.5. The summed E-state index contributed by atoms with van der Waals surface area (Å²) < 4.78 is 25.8. The van der Waals surface area contributed by atoms with Crippen LogP contribution in [0, 0.1) is 0 Å². The van der Waals surface area contributed by atoms with Gasteiger partial charge in [0.05, 0.1) is 34.0 Å². The molecule has 0 saturated carbocycles. The van der Waals surface area contributed by atoms with Crippen LogP contribution in [0.3, 0.4) is 0 Å². The molecule has 9 nitrogen and oxygen atoms in total. The number of hydrogen-bond acceptors (Lipinski definition) is 8. The lowest BCUT2D eigenvalue weighted by atomic mass is 10.1. The fourth-order valence-electron chi connectivity index (χ4n) is 2.92. The van der Waals surface area contributed by atoms with Crippen LogP contribution in [0.25, 0.3) is 11.3 Å². The lowest BCUT2D eigenvalue weighted by molar-refractivity contribution is 0.0597. The Morgan fingerprint density at radius 1 is 0.935 bits per heavy atom. The Bertz CT molecular complexity index is 1090. The van der Waals surface area contributed by atoms with E-state index in [0.717, 1.165) is 0 Å². The minimum Gasteiger partial charge on any atom is -0.497 e. The van der Waals surface area contributed by atoms with Gasteiger partial charge in [0.25, 0.3) is 5.91 Å². The molecule has 1 aromatic heterocycles. The maximum Gasteiger partial charge on any atom is 0.341 e. The van der Waals surface area contributed by atoms with E-state index in [2.05, 4.69) is 10.5 Å². The number of rotatable bonds is 8. The van der Waals surface area contributed by atoms with E-state index in [1.165, 1.54) is 27.4 Å². The molecule has 0 aliphatic rings. The quantitative estimate of drug-likeness (QED) is 0.548. The summed E-state index contributed by atoms with van der Waals surface area (Å²) in [6.07, 6.45) is 0. The fourth-order valence-corrected chi connectivity index (χ4v) is 2.92. The van der Waals surface area contributed by atoms with Gasteiger partial charge in [0.1, 0.15) is 22.8 Å². The highest BCUT2D eigenvalue weighted by Crippen LogP contribution is 2.33. The van der Waals surface area contributed by atoms with Gasteiger partial charge in [-0.15, -0.1) is 0 Å². The van der Waals surface area contributed by atoms with E-state index in [1.54, 1.807) is 43.5 Å². The van der Waals surface area contributed by atoms with Gasteiger partial charge in [0.15, 0.2) is 11.5 Å². The number of methoxy groups -OCH3 is 4. The third kappa shape index (κ3) is 4.77. The first-order valence-corrected chi connectivity index (χ1v) is 9.23. The molecule has 0 aliphatic heterocycles. The highest BCUT2D eigenvalue weighted by Gasteiger charge is 2.18. The molecule has 0 spiro atoms. The molecule has 0 bridgehead atoms. The van der Waals surface area contributed by atoms with Crippen molar-refractivity contribution in [3.63, 3.8) is 0 Å². The van der Waals surface area contributed by atoms with Crippen LogP contribution < -0.4 is 19.5 Å². The minimum absolute atomic E-state index is 0.0987. The van der Waals surface area contributed by atoms with Gasteiger partial charge in [0, 0.05) is 12.6 Å². The van der Waals surface area contributed by atoms with Gasteiger partial charge < -0.3 is 28.8 Å². The van der Waals surface area contributed by atoms with Gasteiger partial charge in [-0.2, -0.15) is 0 Å². The first kappa shape index (κ1) is 21.7. The summed E-state index contributed by atoms with van der Waals surface area (Å²) in [5, 5.41) is 6.59. The smallest absolute Gasteiger partial charge is 0.341 e. The molecular weight excluding hydrogens is 404 g/mol. The molecule has 3 rings (SSSR count). The van der Waals surface area contributed by atoms with Crippen molar-refractivity contribution in [2.45, 2.75) is 6.54 Å². The molecule has 0 unspecified atom stereocenters. The zero-order valence-electron chi connectivity index (χ0n) is 17.6. The van der Waals surface area contributed by atoms with E-state index in [9.17, 15) is 9.59 Å². The Hall–Kier alpha value is -4.01. The van der Waals surface area contributed by atoms with Gasteiger partial charge >= 0.3 is 5.97 Å². The second kappa shape index (κ2) is 9.66. The van der Waals surface area contributed by atoms with Gasteiger partial charge in [-0.3, -0.25) is 4.79 Å². The highest BCUT2D eigenvalue weighted by molar-refractivity contribution is 5.94. The summed E-state index contributed by atoms with van der Waals surface area (Å²) in [6, 6.07) is 11.7. The number of benzene rings is 2. The van der Waals surface area contributed by atoms with E-state index in [-0.39, 0.29) is 17.8 Å². The number of nitrogens with one attached hydrogen (secondary N) is 1. The number of ether oxygens (including phenoxy) is 4. The third-order valence-corrected chi connectivity index (χ3v) is 4.54. The van der Waals surface area contributed by atoms with Gasteiger partial charge in [0.2, 0.25) is 0 Å². The van der Waals surface area contributed by atoms with Gasteiger partial charge in [-0.25, -0.2) is 4.79 Å². The predicted molar refractivity (Wildman–Crippen MR) is 111 cm³/mol. The standard InChI is InChI=1S/C22H22N2O7/c1-27-14-6-8-18(28-2)15(10-14)20-11-17(24-31-20)21(25)23-12-13-5-7-19(29-3)16(9-13)22(26)30-4/h5-11H,12H2,1-4H3,(H,23,25). The maximum absolute atomic E-state index is 12.5. The largest absolute Gasteiger partial charge is 0.497 e. The molecule has 1 heterocycles. The summed E-state index contributed by atoms with van der Waals surface area (Å²) in [4.78, 5) is 24.4. The molecule has 0 fully saturated rings. The number of nitrogens with zero attached hydrogens (tertiary/aromatic N) is 1. The first-order chi connectivity index (χ1) is 15.0. The van der Waals surface area contributed by atoms with Crippen molar-refractivity contribution in [2.75, 3.05) is 28.4 Å². The van der Waals surface area contributed by atoms with Crippen molar-refractivity contribution in [3.8, 4) is 28.6 Å². The molecule has 1 amide bonds. The van der Waals surface area contributed by atoms with Crippen molar-refractivity contribution in [1.29, 1.82) is 0 Å². The average molecular weight is 426 g/mol. The van der Waals surface area contributed by atoms with E-state index in [0.29, 0.717) is 34.1 Å². The van der Waals surface area contributed by atoms with Crippen molar-refractivity contribution < 1.29 is 33.1 Å². The zero-order valence-corrected chi connectivity index (χ0v) is 17.6. The Labute approximate surface area is 178 Å². The lowest BCUT2D eigenvalue weighted by Gasteiger charge is -2.09. The van der Waals surface area contributed by atoms with Crippen LogP contribution in [0.15, 0.2) is 47.0 Å². The zero-order chi connectivity index (χ0) is 22.4. The molecule has 0 atom stereocenters. The molecule has 3 aromatic rings. The van der Waals surface area contributed by atoms with Crippen molar-refractivity contribution in [3.05, 3.63) is 59.3 Å². The van der Waals surface area contributed by atoms with Crippen LogP contribution in [-0.4, -0.2) is 45.5 Å². The van der Waals surface area contributed by atoms with E-state index < -0.39 is 11.9 Å². The van der Waals surface area contributed by atoms with Crippen molar-refractivity contribution in [1.82, 2.24) is 10.5 Å². The molecular formula is C22H22N2O7. The van der Waals surface area contributed by atoms with E-state index in [4.69, 9.17) is 23.5 Å². The summed E-state index contributed by atoms with van der Waals surface area (Å²) >= 11 is 0. The second-order valence-electron chi connectivity index (χ2n) is 6.35. The maximum atomic E-state index is 12.5. The number of carbonyl (C=O) groups is 2. The lowest BCUT2D eigenvalue weighted by Crippen LogP contribution is -2.23. The number of hydrogen-bond donors (Lipinski definition) is 1. The number of amides is 1. The molecule has 0 radical (unpaired) electrons. The Balaban J connectivity index is 1.75. The van der Waals surface area contributed by atoms with Crippen LogP contribution >= 0.6 is 0 Å². The Morgan fingerprint density at radius 2 is 1.68 bits per heavy atom. The molecule has 9 heteroatoms. The van der Waals surface area contributed by atoms with Gasteiger partial charge in [-0.1, -0.05) is 11.2 Å². The van der Waals surface area contributed by atoms with Crippen molar-refractivity contribution >= 4 is 11.9 Å². The second-order valence-corrected chi connectivity index (χ2v) is 6.35. The normalized spacial score (nSPS) is 10.3. The molecule has 31 heavy (non-hydrogen) atoms. The summed E-state index contributed by atoms with van der Waals surface area (Å²) in [5.41, 5.74) is 1.66. The van der Waals surface area contributed by atoms with Gasteiger partial charge in [-0.05, 0) is 35.9 Å². The topological polar surface area (TPSA) is 109 Å². The van der Waals surface area contributed by atoms with Crippen molar-refractivity contribution in [2.24, 2.45) is 0 Å². The Morgan fingerprint density at radius 3 is 2.35 bits per heavy atom. The van der Waals surface area contributed by atoms with Crippen LogP contribution in [0.1, 0.15) is 26.4 Å². The molecule has 0 aliphatic carbocycles. The monoisotopic (exact) mass is 426 g/mol. The average Bonchev–Trinajstić information content (AvgIpc) is 3.31. The molecule has 0 saturated heterocycles. The molecule has 2 aromatic carbocycles. The van der Waals surface area contributed by atoms with E-state index >= 15 is 0 Å². The molecule has 162 valence electrons. The predicted octanol–water partition coefficient (Wildman–Crippen LogP) is 3.08. The van der Waals surface area contributed by atoms with Crippen LogP contribution in [0.2, 0.25) is 0 Å². The summed E-state index contributed by atoms with van der Waals surface area (Å²) in [6.45, 7) is 0.164. The minimum atomic E-state index is -0.529. The summed E-state index contributed by atoms with van der Waals surface area (Å²) in [7, 11) is 5.83. The van der Waals surface area contributed by atoms with E-state index in [1.807, 2.05) is 0 Å². The third-order valence-electron chi connectivity index (χ3n) is 4.54. The molecule has 1 N–H and O–H groups in total.